The van der Waals surface area contributed by atoms with Crippen molar-refractivity contribution >= 4 is 46.4 Å². The van der Waals surface area contributed by atoms with Crippen molar-refractivity contribution in [2.75, 3.05) is 25.5 Å². The Hall–Kier alpha value is -2.57. The molecule has 0 bridgehead atoms. The Morgan fingerprint density at radius 3 is 2.44 bits per heavy atom. The number of aliphatic hydroxyl groups excluding tert-OH is 3. The summed E-state index contributed by atoms with van der Waals surface area (Å²) in [6, 6.07) is 0. The van der Waals surface area contributed by atoms with Crippen molar-refractivity contribution in [3.8, 4) is 0 Å². The van der Waals surface area contributed by atoms with E-state index in [1.54, 1.807) is 0 Å². The van der Waals surface area contributed by atoms with Crippen LogP contribution in [-0.4, -0.2) is 123 Å². The number of imidazole rings is 1. The number of fused-ring (bicyclic) bond motifs is 1. The number of carbonyl (C=O) groups is 1. The zero-order valence-electron chi connectivity index (χ0n) is 24.0. The number of allylic oxidation sites excluding steroid dienone is 2. The van der Waals surface area contributed by atoms with Crippen LogP contribution in [0.4, 0.5) is 5.82 Å². The van der Waals surface area contributed by atoms with Crippen molar-refractivity contribution in [3.05, 3.63) is 36.6 Å². The van der Waals surface area contributed by atoms with Crippen LogP contribution in [0, 0.1) is 0 Å². The van der Waals surface area contributed by atoms with Gasteiger partial charge in [-0.15, -0.1) is 0 Å². The van der Waals surface area contributed by atoms with Gasteiger partial charge in [-0.3, -0.25) is 23.1 Å². The van der Waals surface area contributed by atoms with Gasteiger partial charge >= 0.3 is 21.6 Å². The highest BCUT2D eigenvalue weighted by molar-refractivity contribution is 7.60. The minimum atomic E-state index is -5.75. The number of aromatic nitrogens is 4. The number of nitrogens with two attached hydrogens (primary N) is 1. The zero-order valence-corrected chi connectivity index (χ0v) is 26.6. The molecule has 11 atom stereocenters. The van der Waals surface area contributed by atoms with Gasteiger partial charge in [0.25, 0.3) is 7.82 Å². The van der Waals surface area contributed by atoms with Crippen LogP contribution in [-0.2, 0) is 45.8 Å². The predicted octanol–water partition coefficient (Wildman–Crippen LogP) is -4.37. The van der Waals surface area contributed by atoms with Gasteiger partial charge in [-0.2, -0.15) is 0 Å². The lowest BCUT2D eigenvalue weighted by Crippen LogP contribution is -3.13. The number of anilines is 1. The summed E-state index contributed by atoms with van der Waals surface area (Å²) in [5.74, 6) is -1.27. The summed E-state index contributed by atoms with van der Waals surface area (Å²) in [7, 11) is -16.7. The van der Waals surface area contributed by atoms with Gasteiger partial charge in [-0.1, -0.05) is 0 Å². The minimum Gasteiger partial charge on any atom is -0.756 e. The molecule has 27 heteroatoms. The van der Waals surface area contributed by atoms with Crippen molar-refractivity contribution in [2.45, 2.75) is 49.1 Å². The molecule has 3 aliphatic heterocycles. The molecule has 48 heavy (non-hydrogen) atoms. The monoisotopic (exact) mass is 746 g/mol. The van der Waals surface area contributed by atoms with Crippen LogP contribution >= 0.6 is 23.5 Å². The third-order valence-electron chi connectivity index (χ3n) is 7.24. The predicted molar refractivity (Wildman–Crippen MR) is 148 cm³/mol. The van der Waals surface area contributed by atoms with Gasteiger partial charge in [0, 0.05) is 0 Å². The summed E-state index contributed by atoms with van der Waals surface area (Å²) in [6.45, 7) is -2.32. The Bertz CT molecular complexity index is 1730. The molecule has 24 nitrogen and oxygen atoms in total. The van der Waals surface area contributed by atoms with Gasteiger partial charge in [0.15, 0.2) is 23.8 Å². The standard InChI is InChI=1S/C21H29N6O18P3/c22-17-12-18(24-7-23-17)27(8-25-12)20-15(30)16(44-46(33,34)35)11(43-20)6-41-48(38,39)45-47(36,37)40-5-10-13(28)14(29)19(42-10)26-3-1-2-9(4-26)21(31)32/h1-3,7-8,10-11,13-16,19-20,28-30H,4-6H2,(H,31,32)(H,36,37)(H,38,39)(H2,22,23,24)(H2,33,34,35). The number of hydrogen-bond donors (Lipinski definition) is 9. The van der Waals surface area contributed by atoms with Crippen molar-refractivity contribution in [1.82, 2.24) is 19.5 Å². The first-order valence-corrected chi connectivity index (χ1v) is 18.0. The Labute approximate surface area is 268 Å². The second-order valence-electron chi connectivity index (χ2n) is 10.5. The summed E-state index contributed by atoms with van der Waals surface area (Å²) in [5.41, 5.74) is 5.81. The van der Waals surface area contributed by atoms with E-state index in [4.69, 9.17) is 15.2 Å². The van der Waals surface area contributed by atoms with E-state index in [1.807, 2.05) is 0 Å². The number of carboxylic acids is 1. The van der Waals surface area contributed by atoms with E-state index in [0.29, 0.717) is 0 Å². The molecule has 5 heterocycles. The average Bonchev–Trinajstić information content (AvgIpc) is 3.64. The number of ether oxygens (including phenoxy) is 2. The van der Waals surface area contributed by atoms with Gasteiger partial charge in [-0.25, -0.2) is 33.2 Å². The summed E-state index contributed by atoms with van der Waals surface area (Å²) < 4.78 is 66.7. The molecular weight excluding hydrogens is 717 g/mol. The number of quaternary nitrogens is 1. The second-order valence-corrected chi connectivity index (χ2v) is 14.7. The Kier molecular flexibility index (Phi) is 10.7. The van der Waals surface area contributed by atoms with Crippen LogP contribution < -0.4 is 15.5 Å². The number of carboxylic acid groups (broad SMARTS) is 1. The highest BCUT2D eigenvalue weighted by Crippen LogP contribution is 2.58. The maximum Gasteiger partial charge on any atom is 0.478 e. The van der Waals surface area contributed by atoms with Gasteiger partial charge in [0.2, 0.25) is 6.23 Å². The number of aliphatic carboxylic acids is 1. The molecule has 2 saturated heterocycles. The number of rotatable bonds is 13. The lowest BCUT2D eigenvalue weighted by Gasteiger charge is -2.27. The molecule has 2 fully saturated rings. The number of nitrogens with one attached hydrogen (secondary N) is 1. The SMILES string of the molecule is Nc1ncnc2c1ncn2C1OC(COP(=O)(O)OP(=O)([O-])OCC2OC([NH+]3C=CC=C(C(=O)O)C3)C(O)C2O)C(OP(=O)(O)O)C1O. The maximum atomic E-state index is 12.6. The van der Waals surface area contributed by atoms with Crippen molar-refractivity contribution in [2.24, 2.45) is 0 Å². The summed E-state index contributed by atoms with van der Waals surface area (Å²) >= 11 is 0. The fourth-order valence-corrected chi connectivity index (χ4v) is 7.73. The molecule has 2 aromatic heterocycles. The average molecular weight is 746 g/mol. The van der Waals surface area contributed by atoms with E-state index >= 15 is 0 Å². The van der Waals surface area contributed by atoms with Gasteiger partial charge in [0.05, 0.1) is 31.3 Å². The molecule has 0 amide bonds. The maximum absolute atomic E-state index is 12.6. The first-order chi connectivity index (χ1) is 22.4. The van der Waals surface area contributed by atoms with E-state index in [2.05, 4.69) is 32.8 Å². The number of hydrogen-bond acceptors (Lipinski definition) is 18. The molecule has 5 rings (SSSR count). The molecule has 0 radical (unpaired) electrons. The molecule has 0 saturated carbocycles. The van der Waals surface area contributed by atoms with Gasteiger partial charge in [-0.05, 0) is 12.2 Å². The van der Waals surface area contributed by atoms with Crippen LogP contribution in [0.3, 0.4) is 0 Å². The number of aliphatic hydroxyl groups is 3. The summed E-state index contributed by atoms with van der Waals surface area (Å²) in [5, 5.41) is 40.8. The first kappa shape index (κ1) is 36.7. The van der Waals surface area contributed by atoms with E-state index < -0.39 is 91.7 Å². The fraction of sp³-hybridized carbons (Fsp3) is 0.524. The molecular formula is C21H29N6O18P3. The third-order valence-corrected chi connectivity index (χ3v) is 10.3. The number of phosphoric ester groups is 3. The molecule has 3 aliphatic rings. The number of phosphoric acid groups is 3. The van der Waals surface area contributed by atoms with Crippen LogP contribution in [0.15, 0.2) is 36.6 Å². The highest BCUT2D eigenvalue weighted by Gasteiger charge is 2.51. The first-order valence-electron chi connectivity index (χ1n) is 13.5. The van der Waals surface area contributed by atoms with E-state index in [9.17, 15) is 58.5 Å². The smallest absolute Gasteiger partial charge is 0.478 e. The molecule has 10 N–H and O–H groups in total. The second kappa shape index (κ2) is 14.0. The molecule has 266 valence electrons. The Balaban J connectivity index is 1.20. The summed E-state index contributed by atoms with van der Waals surface area (Å²) in [4.78, 5) is 64.5. The molecule has 0 spiro atoms. The fourth-order valence-electron chi connectivity index (χ4n) is 5.10. The van der Waals surface area contributed by atoms with Crippen LogP contribution in [0.1, 0.15) is 6.23 Å². The minimum absolute atomic E-state index is 0.0227. The van der Waals surface area contributed by atoms with Crippen molar-refractivity contribution < 1.29 is 90.7 Å². The topological polar surface area (TPSA) is 362 Å². The van der Waals surface area contributed by atoms with E-state index in [-0.39, 0.29) is 34.0 Å². The highest BCUT2D eigenvalue weighted by atomic mass is 31.3. The van der Waals surface area contributed by atoms with Crippen molar-refractivity contribution in [3.63, 3.8) is 0 Å². The summed E-state index contributed by atoms with van der Waals surface area (Å²) in [6.07, 6.45) is -6.89. The Morgan fingerprint density at radius 2 is 1.75 bits per heavy atom. The Morgan fingerprint density at radius 1 is 1.04 bits per heavy atom. The normalized spacial score (nSPS) is 33.4. The molecule has 11 unspecified atom stereocenters. The lowest BCUT2D eigenvalue weighted by atomic mass is 10.1. The van der Waals surface area contributed by atoms with Gasteiger partial charge < -0.3 is 59.7 Å². The molecule has 0 aromatic carbocycles. The lowest BCUT2D eigenvalue weighted by molar-refractivity contribution is -0.898. The zero-order chi connectivity index (χ0) is 35.2. The van der Waals surface area contributed by atoms with Gasteiger partial charge in [0.1, 0.15) is 48.9 Å². The third kappa shape index (κ3) is 8.24. The molecule has 0 aliphatic carbocycles. The largest absolute Gasteiger partial charge is 0.756 e. The van der Waals surface area contributed by atoms with Crippen molar-refractivity contribution in [1.29, 1.82) is 0 Å². The van der Waals surface area contributed by atoms with E-state index in [0.717, 1.165) is 17.2 Å². The molecule has 2 aromatic rings. The van der Waals surface area contributed by atoms with Crippen LogP contribution in [0.5, 0.6) is 0 Å². The van der Waals surface area contributed by atoms with E-state index in [1.165, 1.54) is 18.4 Å². The van der Waals surface area contributed by atoms with Crippen LogP contribution in [0.25, 0.3) is 11.2 Å². The number of nitrogen functional groups attached to an aromatic ring is 1. The quantitative estimate of drug-likeness (QED) is 0.0874. The van der Waals surface area contributed by atoms with Crippen LogP contribution in [0.2, 0.25) is 0 Å². The number of nitrogens with zero attached hydrogens (tertiary/aromatic N) is 4.